The fraction of sp³-hybridized carbons (Fsp3) is 0.277. The SMILES string of the molecule is CCN(CCOCCOCCOS(=O)(=O)c1ccc(C)cc1)CCOc1ccc(Oc2c(-c3ccc(S(C)(=O)=O)cc3)ccc3cc(OCc4ccccc4)ccc23)cc1. The van der Waals surface area contributed by atoms with Crippen LogP contribution in [0.4, 0.5) is 0 Å². The summed E-state index contributed by atoms with van der Waals surface area (Å²) in [6.45, 7) is 8.44. The van der Waals surface area contributed by atoms with Gasteiger partial charge in [0.1, 0.15) is 36.2 Å². The number of rotatable bonds is 23. The minimum atomic E-state index is -3.81. The molecule has 0 saturated heterocycles. The third kappa shape index (κ3) is 12.9. The molecular formula is C47H51NO10S2. The van der Waals surface area contributed by atoms with Gasteiger partial charge in [0.15, 0.2) is 9.84 Å². The Balaban J connectivity index is 0.984. The van der Waals surface area contributed by atoms with Gasteiger partial charge in [0.25, 0.3) is 10.1 Å². The van der Waals surface area contributed by atoms with E-state index >= 15 is 0 Å². The molecule has 0 fully saturated rings. The lowest BCUT2D eigenvalue weighted by molar-refractivity contribution is 0.0293. The average Bonchev–Trinajstić information content (AvgIpc) is 3.25. The molecule has 0 heterocycles. The van der Waals surface area contributed by atoms with Crippen LogP contribution in [0.15, 0.2) is 143 Å². The Bertz CT molecular complexity index is 2500. The Kier molecular flexibility index (Phi) is 15.7. The lowest BCUT2D eigenvalue weighted by Gasteiger charge is -2.20. The van der Waals surface area contributed by atoms with Gasteiger partial charge in [0.05, 0.1) is 42.8 Å². The van der Waals surface area contributed by atoms with E-state index in [2.05, 4.69) is 11.8 Å². The van der Waals surface area contributed by atoms with Crippen molar-refractivity contribution in [2.45, 2.75) is 30.2 Å². The summed E-state index contributed by atoms with van der Waals surface area (Å²) in [5.41, 5.74) is 3.68. The maximum atomic E-state index is 12.3. The van der Waals surface area contributed by atoms with Crippen molar-refractivity contribution in [2.24, 2.45) is 0 Å². The maximum absolute atomic E-state index is 12.3. The van der Waals surface area contributed by atoms with Gasteiger partial charge in [0, 0.05) is 30.3 Å². The number of fused-ring (bicyclic) bond motifs is 1. The molecular weight excluding hydrogens is 803 g/mol. The lowest BCUT2D eigenvalue weighted by atomic mass is 9.99. The molecule has 11 nitrogen and oxygen atoms in total. The van der Waals surface area contributed by atoms with Crippen molar-refractivity contribution >= 4 is 30.7 Å². The van der Waals surface area contributed by atoms with Crippen LogP contribution >= 0.6 is 0 Å². The smallest absolute Gasteiger partial charge is 0.297 e. The predicted molar refractivity (Wildman–Crippen MR) is 233 cm³/mol. The first-order chi connectivity index (χ1) is 29.0. The van der Waals surface area contributed by atoms with E-state index in [-0.39, 0.29) is 23.0 Å². The van der Waals surface area contributed by atoms with Gasteiger partial charge in [-0.3, -0.25) is 9.08 Å². The minimum absolute atomic E-state index is 0.0703. The van der Waals surface area contributed by atoms with Gasteiger partial charge in [-0.25, -0.2) is 8.42 Å². The second kappa shape index (κ2) is 21.3. The van der Waals surface area contributed by atoms with Crippen LogP contribution in [0.5, 0.6) is 23.0 Å². The van der Waals surface area contributed by atoms with Gasteiger partial charge in [-0.05, 0) is 103 Å². The monoisotopic (exact) mass is 853 g/mol. The summed E-state index contributed by atoms with van der Waals surface area (Å²) in [5, 5.41) is 1.81. The van der Waals surface area contributed by atoms with Crippen molar-refractivity contribution in [1.29, 1.82) is 0 Å². The highest BCUT2D eigenvalue weighted by atomic mass is 32.2. The summed E-state index contributed by atoms with van der Waals surface area (Å²) in [7, 11) is -7.16. The molecule has 0 amide bonds. The van der Waals surface area contributed by atoms with E-state index in [1.54, 1.807) is 36.4 Å². The third-order valence-corrected chi connectivity index (χ3v) is 12.1. The van der Waals surface area contributed by atoms with Crippen molar-refractivity contribution in [3.05, 3.63) is 145 Å². The highest BCUT2D eigenvalue weighted by molar-refractivity contribution is 7.90. The quantitative estimate of drug-likeness (QED) is 0.0454. The van der Waals surface area contributed by atoms with E-state index in [1.165, 1.54) is 18.4 Å². The molecule has 13 heteroatoms. The van der Waals surface area contributed by atoms with Crippen LogP contribution in [0.25, 0.3) is 21.9 Å². The topological polar surface area (TPSA) is 127 Å². The number of hydrogen-bond donors (Lipinski definition) is 0. The van der Waals surface area contributed by atoms with Crippen LogP contribution in [0.3, 0.4) is 0 Å². The zero-order valence-electron chi connectivity index (χ0n) is 34.1. The first-order valence-electron chi connectivity index (χ1n) is 19.8. The van der Waals surface area contributed by atoms with Gasteiger partial charge < -0.3 is 23.7 Å². The molecule has 0 spiro atoms. The second-order valence-corrected chi connectivity index (χ2v) is 17.7. The van der Waals surface area contributed by atoms with Gasteiger partial charge in [0.2, 0.25) is 0 Å². The molecule has 0 radical (unpaired) electrons. The standard InChI is InChI=1S/C47H51NO10S2/c1-4-48(26-28-53-30-31-54-32-33-57-60(51,52)44-20-10-36(2)11-21-44)27-29-55-40-15-17-41(18-16-40)58-47-45(38-12-22-43(23-13-38)59(3,49)50)24-14-39-34-42(19-25-46(39)47)56-35-37-8-6-5-7-9-37/h5-25,34H,4,26-33,35H2,1-3H3. The molecule has 60 heavy (non-hydrogen) atoms. The molecule has 0 N–H and O–H groups in total. The number of benzene rings is 6. The molecule has 0 bridgehead atoms. The molecule has 0 aliphatic rings. The first kappa shape index (κ1) is 44.3. The molecule has 0 aliphatic heterocycles. The van der Waals surface area contributed by atoms with Crippen LogP contribution in [0, 0.1) is 6.92 Å². The number of nitrogens with zero attached hydrogens (tertiary/aromatic N) is 1. The second-order valence-electron chi connectivity index (χ2n) is 14.1. The molecule has 6 aromatic rings. The highest BCUT2D eigenvalue weighted by Gasteiger charge is 2.16. The average molecular weight is 854 g/mol. The maximum Gasteiger partial charge on any atom is 0.297 e. The van der Waals surface area contributed by atoms with Crippen LogP contribution in [0.2, 0.25) is 0 Å². The van der Waals surface area contributed by atoms with E-state index < -0.39 is 20.0 Å². The van der Waals surface area contributed by atoms with E-state index in [0.29, 0.717) is 56.8 Å². The Morgan fingerprint density at radius 1 is 0.583 bits per heavy atom. The number of aryl methyl sites for hydroxylation is 1. The van der Waals surface area contributed by atoms with Crippen molar-refractivity contribution in [3.8, 4) is 34.1 Å². The summed E-state index contributed by atoms with van der Waals surface area (Å²) in [4.78, 5) is 2.60. The minimum Gasteiger partial charge on any atom is -0.492 e. The van der Waals surface area contributed by atoms with Crippen LogP contribution in [0.1, 0.15) is 18.1 Å². The lowest BCUT2D eigenvalue weighted by Crippen LogP contribution is -2.31. The molecule has 0 unspecified atom stereocenters. The van der Waals surface area contributed by atoms with Gasteiger partial charge >= 0.3 is 0 Å². The molecule has 0 aliphatic carbocycles. The van der Waals surface area contributed by atoms with Gasteiger partial charge in [-0.1, -0.05) is 73.2 Å². The number of sulfone groups is 1. The predicted octanol–water partition coefficient (Wildman–Crippen LogP) is 8.73. The van der Waals surface area contributed by atoms with Crippen molar-refractivity contribution < 1.29 is 44.7 Å². The Morgan fingerprint density at radius 2 is 1.22 bits per heavy atom. The van der Waals surface area contributed by atoms with Crippen LogP contribution in [-0.4, -0.2) is 87.3 Å². The summed E-state index contributed by atoms with van der Waals surface area (Å²) < 4.78 is 83.9. The molecule has 6 aromatic carbocycles. The van der Waals surface area contributed by atoms with Gasteiger partial charge in [-0.2, -0.15) is 8.42 Å². The molecule has 0 atom stereocenters. The fourth-order valence-electron chi connectivity index (χ4n) is 6.26. The van der Waals surface area contributed by atoms with Crippen molar-refractivity contribution in [2.75, 3.05) is 65.5 Å². The third-order valence-electron chi connectivity index (χ3n) is 9.65. The molecule has 316 valence electrons. The zero-order chi connectivity index (χ0) is 42.4. The summed E-state index contributed by atoms with van der Waals surface area (Å²) in [5.74, 6) is 2.69. The van der Waals surface area contributed by atoms with Crippen LogP contribution < -0.4 is 14.2 Å². The molecule has 6 rings (SSSR count). The summed E-state index contributed by atoms with van der Waals surface area (Å²) in [6, 6.07) is 40.7. The Labute approximate surface area is 353 Å². The van der Waals surface area contributed by atoms with E-state index in [4.69, 9.17) is 27.9 Å². The first-order valence-corrected chi connectivity index (χ1v) is 23.1. The highest BCUT2D eigenvalue weighted by Crippen LogP contribution is 2.41. The zero-order valence-corrected chi connectivity index (χ0v) is 35.8. The summed E-state index contributed by atoms with van der Waals surface area (Å²) >= 11 is 0. The van der Waals surface area contributed by atoms with Crippen molar-refractivity contribution in [3.63, 3.8) is 0 Å². The van der Waals surface area contributed by atoms with E-state index in [1.807, 2.05) is 91.9 Å². The number of likely N-dealkylation sites (N-methyl/N-ethyl adjacent to an activating group) is 1. The number of hydrogen-bond acceptors (Lipinski definition) is 11. The molecule has 0 saturated carbocycles. The van der Waals surface area contributed by atoms with Crippen LogP contribution in [-0.2, 0) is 40.2 Å². The Hall–Kier alpha value is -5.28. The molecule has 0 aromatic heterocycles. The summed E-state index contributed by atoms with van der Waals surface area (Å²) in [6.07, 6.45) is 1.20. The van der Waals surface area contributed by atoms with E-state index in [0.717, 1.165) is 51.9 Å². The normalized spacial score (nSPS) is 11.9. The largest absolute Gasteiger partial charge is 0.492 e. The van der Waals surface area contributed by atoms with E-state index in [9.17, 15) is 16.8 Å². The number of ether oxygens (including phenoxy) is 5. The van der Waals surface area contributed by atoms with Crippen molar-refractivity contribution in [1.82, 2.24) is 4.90 Å². The van der Waals surface area contributed by atoms with Gasteiger partial charge in [-0.15, -0.1) is 0 Å². The fourth-order valence-corrected chi connectivity index (χ4v) is 7.79. The Morgan fingerprint density at radius 3 is 1.92 bits per heavy atom.